The third kappa shape index (κ3) is 2.29. The third-order valence-electron chi connectivity index (χ3n) is 1.42. The van der Waals surface area contributed by atoms with Crippen LogP contribution in [0.3, 0.4) is 0 Å². The Hall–Kier alpha value is -0.930. The van der Waals surface area contributed by atoms with Gasteiger partial charge in [-0.05, 0) is 18.0 Å². The molecule has 3 nitrogen and oxygen atoms in total. The highest BCUT2D eigenvalue weighted by Gasteiger charge is 2.05. The summed E-state index contributed by atoms with van der Waals surface area (Å²) in [6.07, 6.45) is 4.55. The van der Waals surface area contributed by atoms with Crippen molar-refractivity contribution in [3.63, 3.8) is 0 Å². The minimum atomic E-state index is -0.584. The molecule has 0 aliphatic carbocycles. The Morgan fingerprint density at radius 2 is 2.17 bits per heavy atom. The Morgan fingerprint density at radius 3 is 2.67 bits per heavy atom. The number of nitrogens with zero attached hydrogens (tertiary/aromatic N) is 2. The SMILES string of the molecule is C=CCC(O)c1cnc(Cl)nc1. The van der Waals surface area contributed by atoms with Gasteiger partial charge in [0.05, 0.1) is 6.10 Å². The molecule has 0 bridgehead atoms. The minimum Gasteiger partial charge on any atom is -0.388 e. The van der Waals surface area contributed by atoms with Gasteiger partial charge in [-0.1, -0.05) is 6.08 Å². The van der Waals surface area contributed by atoms with Gasteiger partial charge in [-0.2, -0.15) is 0 Å². The number of hydrogen-bond acceptors (Lipinski definition) is 3. The fraction of sp³-hybridized carbons (Fsp3) is 0.250. The Kier molecular flexibility index (Phi) is 3.19. The number of aliphatic hydroxyl groups is 1. The highest BCUT2D eigenvalue weighted by molar-refractivity contribution is 6.28. The van der Waals surface area contributed by atoms with E-state index in [2.05, 4.69) is 16.5 Å². The van der Waals surface area contributed by atoms with Crippen LogP contribution >= 0.6 is 11.6 Å². The van der Waals surface area contributed by atoms with Crippen molar-refractivity contribution < 1.29 is 5.11 Å². The van der Waals surface area contributed by atoms with Crippen LogP contribution in [0.15, 0.2) is 25.0 Å². The summed E-state index contributed by atoms with van der Waals surface area (Å²) in [5.41, 5.74) is 0.652. The third-order valence-corrected chi connectivity index (χ3v) is 1.61. The fourth-order valence-corrected chi connectivity index (χ4v) is 0.886. The second kappa shape index (κ2) is 4.18. The zero-order valence-electron chi connectivity index (χ0n) is 6.44. The van der Waals surface area contributed by atoms with Crippen molar-refractivity contribution in [2.45, 2.75) is 12.5 Å². The molecule has 0 spiro atoms. The van der Waals surface area contributed by atoms with E-state index in [0.29, 0.717) is 12.0 Å². The summed E-state index contributed by atoms with van der Waals surface area (Å²) in [5, 5.41) is 9.60. The van der Waals surface area contributed by atoms with E-state index in [1.54, 1.807) is 6.08 Å². The molecule has 4 heteroatoms. The lowest BCUT2D eigenvalue weighted by Crippen LogP contribution is -1.97. The van der Waals surface area contributed by atoms with Gasteiger partial charge in [-0.3, -0.25) is 0 Å². The van der Waals surface area contributed by atoms with Gasteiger partial charge in [0.2, 0.25) is 5.28 Å². The average Bonchev–Trinajstić information content (AvgIpc) is 2.06. The van der Waals surface area contributed by atoms with Gasteiger partial charge in [0.25, 0.3) is 0 Å². The van der Waals surface area contributed by atoms with E-state index in [1.807, 2.05) is 0 Å². The predicted molar refractivity (Wildman–Crippen MR) is 46.8 cm³/mol. The average molecular weight is 185 g/mol. The monoisotopic (exact) mass is 184 g/mol. The van der Waals surface area contributed by atoms with E-state index >= 15 is 0 Å². The molecule has 1 aromatic rings. The molecule has 0 fully saturated rings. The molecule has 1 atom stereocenters. The Labute approximate surface area is 75.7 Å². The van der Waals surface area contributed by atoms with Crippen LogP contribution in [0.2, 0.25) is 5.28 Å². The summed E-state index contributed by atoms with van der Waals surface area (Å²) in [6.45, 7) is 3.52. The smallest absolute Gasteiger partial charge is 0.222 e. The summed E-state index contributed by atoms with van der Waals surface area (Å²) in [6, 6.07) is 0. The number of halogens is 1. The van der Waals surface area contributed by atoms with E-state index in [0.717, 1.165) is 0 Å². The van der Waals surface area contributed by atoms with Gasteiger partial charge < -0.3 is 5.11 Å². The maximum atomic E-state index is 9.42. The number of hydrogen-bond donors (Lipinski definition) is 1. The molecule has 1 N–H and O–H groups in total. The van der Waals surface area contributed by atoms with Gasteiger partial charge in [-0.25, -0.2) is 9.97 Å². The van der Waals surface area contributed by atoms with Crippen LogP contribution in [-0.2, 0) is 0 Å². The van der Waals surface area contributed by atoms with Crippen molar-refractivity contribution >= 4 is 11.6 Å². The summed E-state index contributed by atoms with van der Waals surface area (Å²) in [4.78, 5) is 7.48. The van der Waals surface area contributed by atoms with Gasteiger partial charge >= 0.3 is 0 Å². The first-order valence-electron chi connectivity index (χ1n) is 3.50. The van der Waals surface area contributed by atoms with Gasteiger partial charge in [-0.15, -0.1) is 6.58 Å². The lowest BCUT2D eigenvalue weighted by Gasteiger charge is -2.05. The lowest BCUT2D eigenvalue weighted by atomic mass is 10.1. The van der Waals surface area contributed by atoms with Crippen LogP contribution in [-0.4, -0.2) is 15.1 Å². The summed E-state index contributed by atoms with van der Waals surface area (Å²) in [7, 11) is 0. The van der Waals surface area contributed by atoms with E-state index in [-0.39, 0.29) is 5.28 Å². The van der Waals surface area contributed by atoms with Gasteiger partial charge in [0.1, 0.15) is 0 Å². The molecular formula is C8H9ClN2O. The largest absolute Gasteiger partial charge is 0.388 e. The second-order valence-corrected chi connectivity index (χ2v) is 2.66. The molecule has 1 aromatic heterocycles. The first kappa shape index (κ1) is 9.16. The molecule has 0 saturated heterocycles. The quantitative estimate of drug-likeness (QED) is 0.575. The molecular weight excluding hydrogens is 176 g/mol. The highest BCUT2D eigenvalue weighted by Crippen LogP contribution is 2.15. The molecule has 0 radical (unpaired) electrons. The van der Waals surface area contributed by atoms with Crippen LogP contribution in [0, 0.1) is 0 Å². The summed E-state index contributed by atoms with van der Waals surface area (Å²) >= 11 is 5.47. The van der Waals surface area contributed by atoms with Crippen LogP contribution in [0.4, 0.5) is 0 Å². The molecule has 1 heterocycles. The zero-order valence-corrected chi connectivity index (χ0v) is 7.20. The summed E-state index contributed by atoms with van der Waals surface area (Å²) < 4.78 is 0. The predicted octanol–water partition coefficient (Wildman–Crippen LogP) is 1.74. The standard InChI is InChI=1S/C8H9ClN2O/c1-2-3-7(12)6-4-10-8(9)11-5-6/h2,4-5,7,12H,1,3H2. The van der Waals surface area contributed by atoms with E-state index in [1.165, 1.54) is 12.4 Å². The first-order chi connectivity index (χ1) is 5.74. The molecule has 64 valence electrons. The Balaban J connectivity index is 2.74. The zero-order chi connectivity index (χ0) is 8.97. The number of aromatic nitrogens is 2. The van der Waals surface area contributed by atoms with E-state index < -0.39 is 6.10 Å². The Bertz CT molecular complexity index is 260. The normalized spacial score (nSPS) is 12.5. The molecule has 1 unspecified atom stereocenters. The molecule has 12 heavy (non-hydrogen) atoms. The fourth-order valence-electron chi connectivity index (χ4n) is 0.788. The first-order valence-corrected chi connectivity index (χ1v) is 3.88. The maximum Gasteiger partial charge on any atom is 0.222 e. The van der Waals surface area contributed by atoms with E-state index in [9.17, 15) is 5.11 Å². The van der Waals surface area contributed by atoms with Crippen molar-refractivity contribution in [1.29, 1.82) is 0 Å². The van der Waals surface area contributed by atoms with Crippen LogP contribution in [0.5, 0.6) is 0 Å². The van der Waals surface area contributed by atoms with Crippen molar-refractivity contribution in [3.05, 3.63) is 35.9 Å². The molecule has 0 saturated carbocycles. The van der Waals surface area contributed by atoms with Gasteiger partial charge in [0.15, 0.2) is 0 Å². The van der Waals surface area contributed by atoms with Gasteiger partial charge in [0, 0.05) is 18.0 Å². The van der Waals surface area contributed by atoms with Crippen LogP contribution in [0.1, 0.15) is 18.1 Å². The minimum absolute atomic E-state index is 0.185. The molecule has 0 aliphatic rings. The number of aliphatic hydroxyl groups excluding tert-OH is 1. The lowest BCUT2D eigenvalue weighted by molar-refractivity contribution is 0.181. The van der Waals surface area contributed by atoms with Crippen LogP contribution in [0.25, 0.3) is 0 Å². The van der Waals surface area contributed by atoms with Crippen molar-refractivity contribution in [3.8, 4) is 0 Å². The number of rotatable bonds is 3. The molecule has 0 aliphatic heterocycles. The highest BCUT2D eigenvalue weighted by atomic mass is 35.5. The molecule has 0 amide bonds. The van der Waals surface area contributed by atoms with E-state index in [4.69, 9.17) is 11.6 Å². The second-order valence-electron chi connectivity index (χ2n) is 2.33. The Morgan fingerprint density at radius 1 is 1.58 bits per heavy atom. The van der Waals surface area contributed by atoms with Crippen LogP contribution < -0.4 is 0 Å². The molecule has 0 aromatic carbocycles. The van der Waals surface area contributed by atoms with Crippen molar-refractivity contribution in [2.75, 3.05) is 0 Å². The van der Waals surface area contributed by atoms with Crippen molar-refractivity contribution in [2.24, 2.45) is 0 Å². The topological polar surface area (TPSA) is 46.0 Å². The summed E-state index contributed by atoms with van der Waals surface area (Å²) in [5.74, 6) is 0. The molecule has 1 rings (SSSR count). The van der Waals surface area contributed by atoms with Crippen molar-refractivity contribution in [1.82, 2.24) is 9.97 Å². The maximum absolute atomic E-state index is 9.42.